The molecule has 1 aliphatic heterocycles. The van der Waals surface area contributed by atoms with E-state index in [2.05, 4.69) is 22.8 Å². The molecule has 2 aromatic rings. The second-order valence-electron chi connectivity index (χ2n) is 9.07. The number of allylic oxidation sites excluding steroid dienone is 2. The average Bonchev–Trinajstić information content (AvgIpc) is 3.49. The van der Waals surface area contributed by atoms with Crippen LogP contribution in [0, 0.1) is 40.7 Å². The molecule has 0 spiro atoms. The van der Waals surface area contributed by atoms with Gasteiger partial charge in [-0.05, 0) is 48.9 Å². The number of non-ortho nitro benzene ring substituents is 1. The first-order valence-corrected chi connectivity index (χ1v) is 11.3. The molecule has 5 rings (SSSR count). The van der Waals surface area contributed by atoms with Gasteiger partial charge in [-0.1, -0.05) is 24.3 Å². The largest absolute Gasteiger partial charge is 0.383 e. The summed E-state index contributed by atoms with van der Waals surface area (Å²) < 4.78 is 0. The maximum atomic E-state index is 13.0. The lowest BCUT2D eigenvalue weighted by atomic mass is 9.85. The lowest BCUT2D eigenvalue weighted by molar-refractivity contribution is -0.384. The second kappa shape index (κ2) is 8.40. The van der Waals surface area contributed by atoms with Gasteiger partial charge in [-0.25, -0.2) is 0 Å². The smallest absolute Gasteiger partial charge is 0.270 e. The molecule has 0 aromatic heterocycles. The highest BCUT2D eigenvalue weighted by molar-refractivity contribution is 6.09. The highest BCUT2D eigenvalue weighted by atomic mass is 16.6. The molecule has 174 valence electrons. The van der Waals surface area contributed by atoms with Gasteiger partial charge in [-0.3, -0.25) is 29.4 Å². The minimum absolute atomic E-state index is 0.105. The fourth-order valence-corrected chi connectivity index (χ4v) is 5.40. The number of likely N-dealkylation sites (tertiary alicyclic amines) is 1. The molecule has 9 nitrogen and oxygen atoms in total. The molecule has 34 heavy (non-hydrogen) atoms. The lowest BCUT2D eigenvalue weighted by Crippen LogP contribution is -2.36. The van der Waals surface area contributed by atoms with E-state index in [9.17, 15) is 24.5 Å². The zero-order chi connectivity index (χ0) is 24.0. The Morgan fingerprint density at radius 1 is 1.09 bits per heavy atom. The SMILES string of the molecule is Cc1cccc(NC(=O)c2cc([N+](=O)[O-])ccc2NCCN2C(=O)C3C4C=CC(C4)C3C2=O)c1. The number of nitro benzene ring substituents is 1. The maximum Gasteiger partial charge on any atom is 0.270 e. The monoisotopic (exact) mass is 460 g/mol. The van der Waals surface area contributed by atoms with Gasteiger partial charge in [0.05, 0.1) is 22.3 Å². The summed E-state index contributed by atoms with van der Waals surface area (Å²) in [7, 11) is 0. The summed E-state index contributed by atoms with van der Waals surface area (Å²) in [6.45, 7) is 2.29. The molecule has 2 bridgehead atoms. The number of benzene rings is 2. The van der Waals surface area contributed by atoms with Crippen molar-refractivity contribution in [3.05, 3.63) is 75.9 Å². The third-order valence-electron chi connectivity index (χ3n) is 6.95. The fraction of sp³-hybridized carbons (Fsp3) is 0.320. The molecule has 3 amide bonds. The lowest BCUT2D eigenvalue weighted by Gasteiger charge is -2.18. The number of nitrogens with one attached hydrogen (secondary N) is 2. The van der Waals surface area contributed by atoms with Gasteiger partial charge in [0.1, 0.15) is 0 Å². The molecule has 1 heterocycles. The minimum Gasteiger partial charge on any atom is -0.383 e. The van der Waals surface area contributed by atoms with E-state index in [-0.39, 0.29) is 59.8 Å². The first-order valence-electron chi connectivity index (χ1n) is 11.3. The van der Waals surface area contributed by atoms with Crippen LogP contribution in [0.25, 0.3) is 0 Å². The summed E-state index contributed by atoms with van der Waals surface area (Å²) >= 11 is 0. The first kappa shape index (κ1) is 21.8. The topological polar surface area (TPSA) is 122 Å². The van der Waals surface area contributed by atoms with E-state index in [1.54, 1.807) is 18.2 Å². The zero-order valence-electron chi connectivity index (χ0n) is 18.6. The van der Waals surface area contributed by atoms with Crippen LogP contribution < -0.4 is 10.6 Å². The molecular formula is C25H24N4O5. The van der Waals surface area contributed by atoms with E-state index in [0.717, 1.165) is 12.0 Å². The quantitative estimate of drug-likeness (QED) is 0.283. The van der Waals surface area contributed by atoms with Crippen LogP contribution in [0.5, 0.6) is 0 Å². The van der Waals surface area contributed by atoms with Crippen molar-refractivity contribution in [2.45, 2.75) is 13.3 Å². The number of anilines is 2. The van der Waals surface area contributed by atoms with Crippen LogP contribution in [0.4, 0.5) is 17.1 Å². The highest BCUT2D eigenvalue weighted by Crippen LogP contribution is 2.52. The van der Waals surface area contributed by atoms with Gasteiger partial charge in [0.25, 0.3) is 11.6 Å². The van der Waals surface area contributed by atoms with Gasteiger partial charge in [-0.2, -0.15) is 0 Å². The minimum atomic E-state index is -0.560. The molecule has 1 saturated carbocycles. The zero-order valence-corrected chi connectivity index (χ0v) is 18.6. The first-order chi connectivity index (χ1) is 16.3. The van der Waals surface area contributed by atoms with Crippen molar-refractivity contribution in [2.24, 2.45) is 23.7 Å². The summed E-state index contributed by atoms with van der Waals surface area (Å²) in [6.07, 6.45) is 4.98. The predicted octanol–water partition coefficient (Wildman–Crippen LogP) is 3.37. The third-order valence-corrected chi connectivity index (χ3v) is 6.95. The number of hydrogen-bond donors (Lipinski definition) is 2. The fourth-order valence-electron chi connectivity index (χ4n) is 5.40. The molecule has 2 aromatic carbocycles. The van der Waals surface area contributed by atoms with E-state index >= 15 is 0 Å². The van der Waals surface area contributed by atoms with Gasteiger partial charge in [0, 0.05) is 36.6 Å². The average molecular weight is 460 g/mol. The number of imide groups is 1. The molecular weight excluding hydrogens is 436 g/mol. The van der Waals surface area contributed by atoms with Crippen LogP contribution in [-0.4, -0.2) is 40.6 Å². The highest BCUT2D eigenvalue weighted by Gasteiger charge is 2.58. The third kappa shape index (κ3) is 3.72. The van der Waals surface area contributed by atoms with Crippen molar-refractivity contribution >= 4 is 34.8 Å². The van der Waals surface area contributed by atoms with Crippen molar-refractivity contribution in [3.8, 4) is 0 Å². The van der Waals surface area contributed by atoms with Crippen LogP contribution in [0.15, 0.2) is 54.6 Å². The Morgan fingerprint density at radius 2 is 1.79 bits per heavy atom. The van der Waals surface area contributed by atoms with Crippen LogP contribution in [0.1, 0.15) is 22.3 Å². The van der Waals surface area contributed by atoms with Crippen molar-refractivity contribution < 1.29 is 19.3 Å². The van der Waals surface area contributed by atoms with Crippen LogP contribution in [0.2, 0.25) is 0 Å². The second-order valence-corrected chi connectivity index (χ2v) is 9.07. The molecule has 2 N–H and O–H groups in total. The van der Waals surface area contributed by atoms with Gasteiger partial charge >= 0.3 is 0 Å². The molecule has 2 fully saturated rings. The van der Waals surface area contributed by atoms with Gasteiger partial charge in [0.15, 0.2) is 0 Å². The number of rotatable bonds is 7. The predicted molar refractivity (Wildman–Crippen MR) is 125 cm³/mol. The molecule has 4 atom stereocenters. The number of carbonyl (C=O) groups is 3. The molecule has 4 unspecified atom stereocenters. The standard InChI is InChI=1S/C25H24N4O5/c1-14-3-2-4-17(11-14)27-23(30)19-13-18(29(33)34)7-8-20(19)26-9-10-28-24(31)21-15-5-6-16(12-15)22(21)25(28)32/h2-8,11,13,15-16,21-22,26H,9-10,12H2,1H3,(H,27,30). The summed E-state index contributed by atoms with van der Waals surface area (Å²) in [4.78, 5) is 50.7. The molecule has 9 heteroatoms. The summed E-state index contributed by atoms with van der Waals surface area (Å²) in [5, 5.41) is 17.1. The number of nitro groups is 1. The Bertz CT molecular complexity index is 1210. The Kier molecular flexibility index (Phi) is 5.39. The number of hydrogen-bond acceptors (Lipinski definition) is 6. The number of fused-ring (bicyclic) bond motifs is 5. The van der Waals surface area contributed by atoms with Crippen molar-refractivity contribution in [3.63, 3.8) is 0 Å². The van der Waals surface area contributed by atoms with Crippen LogP contribution >= 0.6 is 0 Å². The number of aryl methyl sites for hydroxylation is 1. The van der Waals surface area contributed by atoms with E-state index in [1.165, 1.54) is 23.1 Å². The molecule has 3 aliphatic rings. The summed E-state index contributed by atoms with van der Waals surface area (Å²) in [5.74, 6) is -0.964. The van der Waals surface area contributed by atoms with E-state index in [4.69, 9.17) is 0 Å². The molecule has 2 aliphatic carbocycles. The van der Waals surface area contributed by atoms with E-state index in [1.807, 2.05) is 13.0 Å². The maximum absolute atomic E-state index is 13.0. The molecule has 0 radical (unpaired) electrons. The van der Waals surface area contributed by atoms with E-state index < -0.39 is 10.8 Å². The van der Waals surface area contributed by atoms with Gasteiger partial charge in [0.2, 0.25) is 11.8 Å². The summed E-state index contributed by atoms with van der Waals surface area (Å²) in [5.41, 5.74) is 1.82. The number of carbonyl (C=O) groups excluding carboxylic acids is 3. The Balaban J connectivity index is 1.30. The van der Waals surface area contributed by atoms with Crippen molar-refractivity contribution in [1.82, 2.24) is 4.90 Å². The normalized spacial score (nSPS) is 24.4. The van der Waals surface area contributed by atoms with Gasteiger partial charge in [-0.15, -0.1) is 0 Å². The number of amides is 3. The summed E-state index contributed by atoms with van der Waals surface area (Å²) in [6, 6.07) is 11.2. The van der Waals surface area contributed by atoms with Crippen molar-refractivity contribution in [2.75, 3.05) is 23.7 Å². The van der Waals surface area contributed by atoms with Crippen molar-refractivity contribution in [1.29, 1.82) is 0 Å². The van der Waals surface area contributed by atoms with Gasteiger partial charge < -0.3 is 10.6 Å². The van der Waals surface area contributed by atoms with Crippen LogP contribution in [-0.2, 0) is 9.59 Å². The Labute approximate surface area is 196 Å². The Hall–Kier alpha value is -4.01. The number of nitrogens with zero attached hydrogens (tertiary/aromatic N) is 2. The Morgan fingerprint density at radius 3 is 2.44 bits per heavy atom. The van der Waals surface area contributed by atoms with Crippen LogP contribution in [0.3, 0.4) is 0 Å². The molecule has 1 saturated heterocycles. The van der Waals surface area contributed by atoms with E-state index in [0.29, 0.717) is 11.4 Å².